The van der Waals surface area contributed by atoms with Crippen LogP contribution in [0.15, 0.2) is 61.2 Å². The summed E-state index contributed by atoms with van der Waals surface area (Å²) in [5.74, 6) is -2.31. The molecule has 0 aliphatic carbocycles. The second kappa shape index (κ2) is 8.80. The van der Waals surface area contributed by atoms with Crippen molar-refractivity contribution in [2.75, 3.05) is 0 Å². The number of cyclic esters (lactones) is 4. The van der Waals surface area contributed by atoms with Gasteiger partial charge in [0.2, 0.25) is 0 Å². The lowest BCUT2D eigenvalue weighted by Gasteiger charge is -1.85. The van der Waals surface area contributed by atoms with Crippen LogP contribution in [-0.4, -0.2) is 23.9 Å². The van der Waals surface area contributed by atoms with Gasteiger partial charge in [0.05, 0.1) is 0 Å². The van der Waals surface area contributed by atoms with Gasteiger partial charge in [-0.15, -0.1) is 0 Å². The summed E-state index contributed by atoms with van der Waals surface area (Å²) in [4.78, 5) is 39.7. The molecule has 3 rings (SSSR count). The van der Waals surface area contributed by atoms with Crippen LogP contribution >= 0.6 is 0 Å². The van der Waals surface area contributed by atoms with Gasteiger partial charge in [0.1, 0.15) is 0 Å². The molecule has 0 amide bonds. The predicted molar refractivity (Wildman–Crippen MR) is 77.0 cm³/mol. The number of esters is 4. The summed E-state index contributed by atoms with van der Waals surface area (Å²) in [6, 6.07) is 10.0. The van der Waals surface area contributed by atoms with Crippen LogP contribution in [0.1, 0.15) is 5.56 Å². The Morgan fingerprint density at radius 2 is 1.05 bits per heavy atom. The first kappa shape index (κ1) is 16.8. The van der Waals surface area contributed by atoms with E-state index in [1.54, 1.807) is 0 Å². The van der Waals surface area contributed by atoms with E-state index in [-0.39, 0.29) is 0 Å². The Morgan fingerprint density at radius 1 is 0.682 bits per heavy atom. The summed E-state index contributed by atoms with van der Waals surface area (Å²) in [5.41, 5.74) is 1.17. The third-order valence-corrected chi connectivity index (χ3v) is 2.15. The summed E-state index contributed by atoms with van der Waals surface area (Å²) in [6.07, 6.45) is 6.18. The van der Waals surface area contributed by atoms with Crippen LogP contribution in [0.5, 0.6) is 0 Å². The first-order chi connectivity index (χ1) is 10.5. The Morgan fingerprint density at radius 3 is 1.23 bits per heavy atom. The number of ether oxygens (including phenoxy) is 2. The predicted octanol–water partition coefficient (Wildman–Crippen LogP) is 1.58. The van der Waals surface area contributed by atoms with Gasteiger partial charge in [0.25, 0.3) is 0 Å². The third-order valence-electron chi connectivity index (χ3n) is 2.15. The highest BCUT2D eigenvalue weighted by molar-refractivity contribution is 6.05. The number of hydrogen-bond donors (Lipinski definition) is 0. The van der Waals surface area contributed by atoms with Crippen molar-refractivity contribution >= 4 is 30.0 Å². The highest BCUT2D eigenvalue weighted by Gasteiger charge is 2.10. The molecule has 22 heavy (non-hydrogen) atoms. The maximum Gasteiger partial charge on any atom is 0.338 e. The molecule has 0 saturated carbocycles. The van der Waals surface area contributed by atoms with E-state index in [2.05, 4.69) is 16.1 Å². The molecule has 2 aliphatic heterocycles. The van der Waals surface area contributed by atoms with Gasteiger partial charge in [-0.3, -0.25) is 0 Å². The van der Waals surface area contributed by atoms with Crippen molar-refractivity contribution in [1.29, 1.82) is 0 Å². The molecule has 0 N–H and O–H groups in total. The van der Waals surface area contributed by atoms with Crippen molar-refractivity contribution in [2.24, 2.45) is 0 Å². The average molecular weight is 300 g/mol. The summed E-state index contributed by atoms with van der Waals surface area (Å²) < 4.78 is 7.94. The normalized spacial score (nSPS) is 14.4. The molecule has 6 nitrogen and oxygen atoms in total. The molecule has 0 saturated heterocycles. The molecule has 1 aromatic rings. The number of carbonyl (C=O) groups excluding carboxylic acids is 4. The van der Waals surface area contributed by atoms with Crippen LogP contribution in [0, 0.1) is 0 Å². The zero-order chi connectivity index (χ0) is 16.4. The SMILES string of the molecule is C=Cc1ccccc1.O=C1C=CC(=O)O1.O=C1C=CC(=O)O1. The van der Waals surface area contributed by atoms with Crippen LogP contribution in [-0.2, 0) is 28.7 Å². The Bertz CT molecular complexity index is 572. The van der Waals surface area contributed by atoms with Gasteiger partial charge in [-0.25, -0.2) is 19.2 Å². The molecule has 6 heteroatoms. The van der Waals surface area contributed by atoms with Gasteiger partial charge >= 0.3 is 23.9 Å². The van der Waals surface area contributed by atoms with E-state index in [1.165, 1.54) is 5.56 Å². The Hall–Kier alpha value is -3.28. The quantitative estimate of drug-likeness (QED) is 0.578. The lowest BCUT2D eigenvalue weighted by atomic mass is 10.2. The smallest absolute Gasteiger partial charge is 0.338 e. The topological polar surface area (TPSA) is 86.7 Å². The molecule has 0 fully saturated rings. The second-order valence-electron chi connectivity index (χ2n) is 3.76. The molecule has 0 spiro atoms. The molecule has 112 valence electrons. The van der Waals surface area contributed by atoms with Crippen LogP contribution in [0.25, 0.3) is 6.08 Å². The van der Waals surface area contributed by atoms with Gasteiger partial charge in [-0.1, -0.05) is 43.0 Å². The molecule has 0 radical (unpaired) electrons. The third kappa shape index (κ3) is 6.76. The van der Waals surface area contributed by atoms with Crippen LogP contribution < -0.4 is 0 Å². The van der Waals surface area contributed by atoms with Gasteiger partial charge in [-0.05, 0) is 5.56 Å². The Labute approximate surface area is 126 Å². The van der Waals surface area contributed by atoms with Gasteiger partial charge in [0, 0.05) is 24.3 Å². The first-order valence-electron chi connectivity index (χ1n) is 6.06. The van der Waals surface area contributed by atoms with E-state index in [0.29, 0.717) is 0 Å². The van der Waals surface area contributed by atoms with E-state index in [1.807, 2.05) is 36.4 Å². The van der Waals surface area contributed by atoms with Gasteiger partial charge in [-0.2, -0.15) is 0 Å². The van der Waals surface area contributed by atoms with Crippen molar-refractivity contribution in [3.8, 4) is 0 Å². The van der Waals surface area contributed by atoms with E-state index in [4.69, 9.17) is 0 Å². The summed E-state index contributed by atoms with van der Waals surface area (Å²) in [7, 11) is 0. The Balaban J connectivity index is 0.000000166. The van der Waals surface area contributed by atoms with Crippen molar-refractivity contribution < 1.29 is 28.7 Å². The van der Waals surface area contributed by atoms with E-state index in [9.17, 15) is 19.2 Å². The standard InChI is InChI=1S/C8H8.2C4H2O3/c1-2-8-6-4-3-5-7-8;2*5-3-1-2-4(6)7-3/h2-7H,1H2;2*1-2H. The van der Waals surface area contributed by atoms with Crippen LogP contribution in [0.3, 0.4) is 0 Å². The minimum Gasteiger partial charge on any atom is -0.387 e. The lowest BCUT2D eigenvalue weighted by molar-refractivity contribution is -0.151. The van der Waals surface area contributed by atoms with E-state index >= 15 is 0 Å². The molecule has 0 atom stereocenters. The molecule has 2 aliphatic rings. The lowest BCUT2D eigenvalue weighted by Crippen LogP contribution is -1.96. The maximum atomic E-state index is 9.92. The number of carbonyl (C=O) groups is 4. The average Bonchev–Trinajstić information content (AvgIpc) is 3.08. The molecule has 0 aromatic heterocycles. The first-order valence-corrected chi connectivity index (χ1v) is 6.06. The van der Waals surface area contributed by atoms with Crippen LogP contribution in [0.2, 0.25) is 0 Å². The number of hydrogen-bond acceptors (Lipinski definition) is 6. The molecule has 1 aromatic carbocycles. The zero-order valence-corrected chi connectivity index (χ0v) is 11.4. The molecule has 0 bridgehead atoms. The monoisotopic (exact) mass is 300 g/mol. The van der Waals surface area contributed by atoms with Gasteiger partial charge in [0.15, 0.2) is 0 Å². The number of benzene rings is 1. The fourth-order valence-electron chi connectivity index (χ4n) is 1.20. The second-order valence-corrected chi connectivity index (χ2v) is 3.76. The highest BCUT2D eigenvalue weighted by Crippen LogP contribution is 1.97. The summed E-state index contributed by atoms with van der Waals surface area (Å²) >= 11 is 0. The van der Waals surface area contributed by atoms with Crippen molar-refractivity contribution in [3.63, 3.8) is 0 Å². The van der Waals surface area contributed by atoms with Gasteiger partial charge < -0.3 is 9.47 Å². The molecular weight excluding hydrogens is 288 g/mol. The van der Waals surface area contributed by atoms with Crippen molar-refractivity contribution in [2.45, 2.75) is 0 Å². The fraction of sp³-hybridized carbons (Fsp3) is 0. The largest absolute Gasteiger partial charge is 0.387 e. The molecule has 0 unspecified atom stereocenters. The summed E-state index contributed by atoms with van der Waals surface area (Å²) in [6.45, 7) is 3.63. The highest BCUT2D eigenvalue weighted by atomic mass is 16.6. The van der Waals surface area contributed by atoms with Crippen molar-refractivity contribution in [3.05, 3.63) is 66.8 Å². The molecule has 2 heterocycles. The minimum atomic E-state index is -0.579. The van der Waals surface area contributed by atoms with Crippen LogP contribution in [0.4, 0.5) is 0 Å². The zero-order valence-electron chi connectivity index (χ0n) is 11.4. The van der Waals surface area contributed by atoms with Crippen molar-refractivity contribution in [1.82, 2.24) is 0 Å². The van der Waals surface area contributed by atoms with E-state index in [0.717, 1.165) is 24.3 Å². The summed E-state index contributed by atoms with van der Waals surface area (Å²) in [5, 5.41) is 0. The minimum absolute atomic E-state index is 0.579. The Kier molecular flexibility index (Phi) is 6.71. The maximum absolute atomic E-state index is 9.92. The van der Waals surface area contributed by atoms with E-state index < -0.39 is 23.9 Å². The fourth-order valence-corrected chi connectivity index (χ4v) is 1.20. The molecular formula is C16H12O6. The number of rotatable bonds is 1.